The van der Waals surface area contributed by atoms with Crippen molar-refractivity contribution in [3.05, 3.63) is 41.8 Å². The first-order valence-corrected chi connectivity index (χ1v) is 8.76. The van der Waals surface area contributed by atoms with Crippen molar-refractivity contribution in [1.82, 2.24) is 20.4 Å². The van der Waals surface area contributed by atoms with Crippen molar-refractivity contribution in [2.45, 2.75) is 38.6 Å². The molecule has 2 unspecified atom stereocenters. The van der Waals surface area contributed by atoms with Gasteiger partial charge in [0.05, 0.1) is 12.0 Å². The number of hydrogen-bond acceptors (Lipinski definition) is 5. The molecule has 1 fully saturated rings. The molecule has 2 heterocycles. The Bertz CT molecular complexity index is 752. The van der Waals surface area contributed by atoms with Crippen molar-refractivity contribution in [3.8, 4) is 5.75 Å². The van der Waals surface area contributed by atoms with E-state index in [4.69, 9.17) is 9.26 Å². The Hall–Kier alpha value is -2.64. The molecular weight excluding hydrogens is 339 g/mol. The normalized spacial score (nSPS) is 18.4. The zero-order chi connectivity index (χ0) is 18.5. The molecule has 26 heavy (non-hydrogen) atoms. The summed E-state index contributed by atoms with van der Waals surface area (Å²) in [5.74, 6) is 0.996. The van der Waals surface area contributed by atoms with Crippen LogP contribution in [0.1, 0.15) is 37.4 Å². The van der Waals surface area contributed by atoms with Crippen molar-refractivity contribution in [3.63, 3.8) is 0 Å². The molecule has 1 N–H and O–H groups in total. The van der Waals surface area contributed by atoms with Crippen LogP contribution in [0.5, 0.6) is 5.75 Å². The number of amides is 2. The highest BCUT2D eigenvalue weighted by molar-refractivity contribution is 5.74. The number of nitrogens with zero attached hydrogens (tertiary/aromatic N) is 3. The van der Waals surface area contributed by atoms with Crippen LogP contribution in [0.3, 0.4) is 0 Å². The highest BCUT2D eigenvalue weighted by Gasteiger charge is 2.28. The number of rotatable bonds is 5. The van der Waals surface area contributed by atoms with E-state index in [1.807, 2.05) is 6.92 Å². The number of likely N-dealkylation sites (tertiary alicyclic amines) is 1. The van der Waals surface area contributed by atoms with Crippen LogP contribution in [0, 0.1) is 12.7 Å². The first kappa shape index (κ1) is 18.2. The second-order valence-corrected chi connectivity index (χ2v) is 6.56. The molecule has 1 aliphatic heterocycles. The summed E-state index contributed by atoms with van der Waals surface area (Å²) < 4.78 is 24.2. The Morgan fingerprint density at radius 1 is 1.50 bits per heavy atom. The van der Waals surface area contributed by atoms with E-state index in [9.17, 15) is 9.18 Å². The monoisotopic (exact) mass is 362 g/mol. The third-order valence-corrected chi connectivity index (χ3v) is 4.30. The van der Waals surface area contributed by atoms with Gasteiger partial charge in [-0.2, -0.15) is 4.98 Å². The second kappa shape index (κ2) is 8.16. The number of aromatic nitrogens is 2. The number of benzene rings is 1. The predicted octanol–water partition coefficient (Wildman–Crippen LogP) is 2.87. The van der Waals surface area contributed by atoms with Gasteiger partial charge in [0.15, 0.2) is 17.4 Å². The third kappa shape index (κ3) is 4.50. The maximum atomic E-state index is 13.6. The molecule has 0 saturated carbocycles. The summed E-state index contributed by atoms with van der Waals surface area (Å²) >= 11 is 0. The summed E-state index contributed by atoms with van der Waals surface area (Å²) in [7, 11) is 0. The number of aryl methyl sites for hydroxylation is 1. The van der Waals surface area contributed by atoms with E-state index in [1.165, 1.54) is 6.07 Å². The molecule has 7 nitrogen and oxygen atoms in total. The van der Waals surface area contributed by atoms with Gasteiger partial charge < -0.3 is 19.5 Å². The fraction of sp³-hybridized carbons (Fsp3) is 0.500. The number of nitrogens with one attached hydrogen (secondary N) is 1. The largest absolute Gasteiger partial charge is 0.488 e. The van der Waals surface area contributed by atoms with Crippen molar-refractivity contribution in [2.24, 2.45) is 0 Å². The van der Waals surface area contributed by atoms with E-state index < -0.39 is 5.82 Å². The van der Waals surface area contributed by atoms with Crippen molar-refractivity contribution in [2.75, 3.05) is 19.7 Å². The molecule has 0 radical (unpaired) electrons. The van der Waals surface area contributed by atoms with E-state index in [1.54, 1.807) is 30.0 Å². The maximum Gasteiger partial charge on any atom is 0.317 e. The average Bonchev–Trinajstić information content (AvgIpc) is 3.07. The maximum absolute atomic E-state index is 13.6. The minimum absolute atomic E-state index is 0.0562. The number of piperidine rings is 1. The number of halogens is 1. The Morgan fingerprint density at radius 2 is 2.31 bits per heavy atom. The smallest absolute Gasteiger partial charge is 0.317 e. The first-order chi connectivity index (χ1) is 12.5. The molecule has 0 spiro atoms. The fourth-order valence-electron chi connectivity index (χ4n) is 2.96. The van der Waals surface area contributed by atoms with Crippen molar-refractivity contribution in [1.29, 1.82) is 0 Å². The molecule has 3 rings (SSSR count). The van der Waals surface area contributed by atoms with E-state index >= 15 is 0 Å². The second-order valence-electron chi connectivity index (χ2n) is 6.56. The number of urea groups is 1. The molecule has 2 amide bonds. The zero-order valence-electron chi connectivity index (χ0n) is 14.9. The van der Waals surface area contributed by atoms with E-state index in [0.717, 1.165) is 12.8 Å². The lowest BCUT2D eigenvalue weighted by Crippen LogP contribution is -2.49. The minimum atomic E-state index is -0.417. The minimum Gasteiger partial charge on any atom is -0.488 e. The van der Waals surface area contributed by atoms with Crippen LogP contribution >= 0.6 is 0 Å². The topological polar surface area (TPSA) is 80.5 Å². The number of para-hydroxylation sites is 1. The van der Waals surface area contributed by atoms with Gasteiger partial charge in [0.25, 0.3) is 0 Å². The van der Waals surface area contributed by atoms with Crippen LogP contribution in [0.2, 0.25) is 0 Å². The van der Waals surface area contributed by atoms with Gasteiger partial charge in [-0.1, -0.05) is 17.3 Å². The van der Waals surface area contributed by atoms with Gasteiger partial charge in [-0.25, -0.2) is 9.18 Å². The van der Waals surface area contributed by atoms with Crippen LogP contribution in [-0.2, 0) is 0 Å². The van der Waals surface area contributed by atoms with Crippen LogP contribution in [0.15, 0.2) is 28.8 Å². The Kier molecular flexibility index (Phi) is 5.70. The van der Waals surface area contributed by atoms with Crippen LogP contribution in [0.25, 0.3) is 0 Å². The Balaban J connectivity index is 1.49. The summed E-state index contributed by atoms with van der Waals surface area (Å²) in [6.45, 7) is 5.00. The highest BCUT2D eigenvalue weighted by Crippen LogP contribution is 2.25. The first-order valence-electron chi connectivity index (χ1n) is 8.76. The van der Waals surface area contributed by atoms with E-state index in [-0.39, 0.29) is 30.3 Å². The van der Waals surface area contributed by atoms with Gasteiger partial charge in [-0.05, 0) is 38.8 Å². The van der Waals surface area contributed by atoms with Crippen LogP contribution < -0.4 is 10.1 Å². The molecule has 2 atom stereocenters. The van der Waals surface area contributed by atoms with Gasteiger partial charge in [-0.3, -0.25) is 0 Å². The Labute approximate surface area is 151 Å². The molecule has 0 aliphatic carbocycles. The number of carbonyl (C=O) groups excluding carboxylic acids is 1. The predicted molar refractivity (Wildman–Crippen MR) is 92.5 cm³/mol. The summed E-state index contributed by atoms with van der Waals surface area (Å²) in [4.78, 5) is 18.5. The summed E-state index contributed by atoms with van der Waals surface area (Å²) in [6.07, 6.45) is 1.79. The van der Waals surface area contributed by atoms with Gasteiger partial charge in [0.1, 0.15) is 6.61 Å². The average molecular weight is 362 g/mol. The molecule has 140 valence electrons. The summed E-state index contributed by atoms with van der Waals surface area (Å²) in [5.41, 5.74) is 0. The summed E-state index contributed by atoms with van der Waals surface area (Å²) in [5, 5.41) is 6.71. The molecule has 1 saturated heterocycles. The molecule has 1 aliphatic rings. The quantitative estimate of drug-likeness (QED) is 0.885. The lowest BCUT2D eigenvalue weighted by Gasteiger charge is -2.32. The number of hydrogen-bond donors (Lipinski definition) is 1. The molecule has 1 aromatic carbocycles. The van der Waals surface area contributed by atoms with Gasteiger partial charge in [0, 0.05) is 13.1 Å². The molecule has 2 aromatic rings. The Morgan fingerprint density at radius 3 is 3.04 bits per heavy atom. The lowest BCUT2D eigenvalue weighted by molar-refractivity contribution is 0.164. The molecule has 8 heteroatoms. The SMILES string of the molecule is Cc1noc(C2CCCN(C(=O)NC(C)COc3ccccc3F)C2)n1. The van der Waals surface area contributed by atoms with Gasteiger partial charge >= 0.3 is 6.03 Å². The third-order valence-electron chi connectivity index (χ3n) is 4.30. The number of ether oxygens (including phenoxy) is 1. The van der Waals surface area contributed by atoms with Gasteiger partial charge in [-0.15, -0.1) is 0 Å². The van der Waals surface area contributed by atoms with E-state index in [2.05, 4.69) is 15.5 Å². The molecular formula is C18H23FN4O3. The highest BCUT2D eigenvalue weighted by atomic mass is 19.1. The van der Waals surface area contributed by atoms with Crippen LogP contribution in [-0.4, -0.2) is 46.8 Å². The fourth-order valence-corrected chi connectivity index (χ4v) is 2.96. The van der Waals surface area contributed by atoms with E-state index in [0.29, 0.717) is 24.8 Å². The standard InChI is InChI=1S/C18H23FN4O3/c1-12(11-25-16-8-4-3-7-15(16)19)20-18(24)23-9-5-6-14(10-23)17-21-13(2)22-26-17/h3-4,7-8,12,14H,5-6,9-11H2,1-2H3,(H,20,24). The summed E-state index contributed by atoms with van der Waals surface area (Å²) in [6, 6.07) is 5.78. The van der Waals surface area contributed by atoms with Crippen molar-refractivity contribution >= 4 is 6.03 Å². The zero-order valence-corrected chi connectivity index (χ0v) is 14.9. The molecule has 1 aromatic heterocycles. The van der Waals surface area contributed by atoms with Gasteiger partial charge in [0.2, 0.25) is 5.89 Å². The lowest BCUT2D eigenvalue weighted by atomic mass is 9.98. The number of carbonyl (C=O) groups is 1. The molecule has 0 bridgehead atoms. The van der Waals surface area contributed by atoms with Crippen molar-refractivity contribution < 1.29 is 18.4 Å². The van der Waals surface area contributed by atoms with Crippen LogP contribution in [0.4, 0.5) is 9.18 Å².